The molecule has 0 aromatic heterocycles. The summed E-state index contributed by atoms with van der Waals surface area (Å²) in [6, 6.07) is 6.44. The molecule has 0 radical (unpaired) electrons. The quantitative estimate of drug-likeness (QED) is 0.884. The summed E-state index contributed by atoms with van der Waals surface area (Å²) in [4.78, 5) is 13.3. The number of nitrogens with zero attached hydrogens (tertiary/aromatic N) is 1. The van der Waals surface area contributed by atoms with Crippen LogP contribution in [0.2, 0.25) is 0 Å². The fourth-order valence-electron chi connectivity index (χ4n) is 1.80. The van der Waals surface area contributed by atoms with E-state index in [0.29, 0.717) is 13.1 Å². The molecule has 3 nitrogen and oxygen atoms in total. The van der Waals surface area contributed by atoms with Gasteiger partial charge in [0.1, 0.15) is 5.82 Å². The molecule has 1 aromatic rings. The third-order valence-electron chi connectivity index (χ3n) is 2.77. The average Bonchev–Trinajstić information content (AvgIpc) is 2.30. The van der Waals surface area contributed by atoms with Crippen molar-refractivity contribution in [3.05, 3.63) is 35.6 Å². The molecule has 1 saturated heterocycles. The van der Waals surface area contributed by atoms with Gasteiger partial charge in [0.2, 0.25) is 5.91 Å². The van der Waals surface area contributed by atoms with E-state index in [-0.39, 0.29) is 24.1 Å². The topological polar surface area (TPSA) is 32.3 Å². The number of hydrogen-bond acceptors (Lipinski definition) is 2. The average molecular weight is 259 g/mol. The molecule has 0 spiro atoms. The molecule has 0 unspecified atom stereocenters. The highest BCUT2D eigenvalue weighted by Gasteiger charge is 2.16. The molecule has 1 fully saturated rings. The smallest absolute Gasteiger partial charge is 0.236 e. The van der Waals surface area contributed by atoms with Crippen molar-refractivity contribution in [3.8, 4) is 0 Å². The lowest BCUT2D eigenvalue weighted by Crippen LogP contribution is -2.48. The van der Waals surface area contributed by atoms with E-state index in [2.05, 4.69) is 5.32 Å². The van der Waals surface area contributed by atoms with Crippen molar-refractivity contribution in [2.45, 2.75) is 6.42 Å². The van der Waals surface area contributed by atoms with E-state index in [1.165, 1.54) is 12.1 Å². The molecule has 1 heterocycles. The van der Waals surface area contributed by atoms with Gasteiger partial charge in [-0.1, -0.05) is 12.1 Å². The van der Waals surface area contributed by atoms with Gasteiger partial charge < -0.3 is 10.2 Å². The number of carbonyl (C=O) groups excluding carboxylic acids is 1. The molecule has 94 valence electrons. The predicted octanol–water partition coefficient (Wildman–Crippen LogP) is 1.22. The van der Waals surface area contributed by atoms with Crippen molar-refractivity contribution >= 4 is 18.3 Å². The number of rotatable bonds is 3. The van der Waals surface area contributed by atoms with Crippen molar-refractivity contribution in [2.24, 2.45) is 0 Å². The van der Waals surface area contributed by atoms with Crippen molar-refractivity contribution in [3.63, 3.8) is 0 Å². The molecule has 1 amide bonds. The largest absolute Gasteiger partial charge is 0.340 e. The molecule has 0 aliphatic carbocycles. The first-order chi connectivity index (χ1) is 7.75. The first kappa shape index (κ1) is 13.9. The Kier molecular flexibility index (Phi) is 5.38. The van der Waals surface area contributed by atoms with Crippen LogP contribution in [0.15, 0.2) is 24.3 Å². The molecule has 1 N–H and O–H groups in total. The lowest BCUT2D eigenvalue weighted by molar-refractivity contribution is -0.131. The van der Waals surface area contributed by atoms with E-state index >= 15 is 0 Å². The van der Waals surface area contributed by atoms with Gasteiger partial charge in [-0.2, -0.15) is 0 Å². The Morgan fingerprint density at radius 1 is 1.29 bits per heavy atom. The van der Waals surface area contributed by atoms with E-state index < -0.39 is 0 Å². The molecule has 2 rings (SSSR count). The van der Waals surface area contributed by atoms with Gasteiger partial charge in [-0.05, 0) is 24.1 Å². The van der Waals surface area contributed by atoms with Gasteiger partial charge in [0.05, 0.1) is 6.54 Å². The maximum atomic E-state index is 12.7. The third-order valence-corrected chi connectivity index (χ3v) is 2.77. The van der Waals surface area contributed by atoms with Crippen LogP contribution in [0.1, 0.15) is 5.56 Å². The summed E-state index contributed by atoms with van der Waals surface area (Å²) in [7, 11) is 0. The van der Waals surface area contributed by atoms with Crippen LogP contribution >= 0.6 is 12.4 Å². The van der Waals surface area contributed by atoms with Gasteiger partial charge in [0.25, 0.3) is 0 Å². The van der Waals surface area contributed by atoms with E-state index in [4.69, 9.17) is 0 Å². The molecular formula is C12H16ClFN2O. The van der Waals surface area contributed by atoms with Gasteiger partial charge in [-0.15, -0.1) is 12.4 Å². The van der Waals surface area contributed by atoms with Crippen molar-refractivity contribution in [2.75, 3.05) is 26.2 Å². The first-order valence-electron chi connectivity index (χ1n) is 5.48. The standard InChI is InChI=1S/C12H15FN2O.ClH/c13-11-3-1-10(2-4-11)5-7-15-8-6-14-9-12(15)16;/h1-4,14H,5-9H2;1H. The molecular weight excluding hydrogens is 243 g/mol. The summed E-state index contributed by atoms with van der Waals surface area (Å²) in [5, 5.41) is 3.03. The zero-order valence-electron chi connectivity index (χ0n) is 9.49. The summed E-state index contributed by atoms with van der Waals surface area (Å²) in [6.07, 6.45) is 0.784. The minimum atomic E-state index is -0.220. The highest BCUT2D eigenvalue weighted by atomic mass is 35.5. The fourth-order valence-corrected chi connectivity index (χ4v) is 1.80. The third kappa shape index (κ3) is 3.98. The summed E-state index contributed by atoms with van der Waals surface area (Å²) in [6.45, 7) is 2.77. The lowest BCUT2D eigenvalue weighted by Gasteiger charge is -2.27. The molecule has 1 aliphatic rings. The molecule has 0 saturated carbocycles. The second-order valence-electron chi connectivity index (χ2n) is 3.93. The number of halogens is 2. The maximum Gasteiger partial charge on any atom is 0.236 e. The van der Waals surface area contributed by atoms with Gasteiger partial charge in [-0.25, -0.2) is 4.39 Å². The van der Waals surface area contributed by atoms with Crippen molar-refractivity contribution in [1.29, 1.82) is 0 Å². The van der Waals surface area contributed by atoms with Crippen LogP contribution in [0.3, 0.4) is 0 Å². The van der Waals surface area contributed by atoms with Gasteiger partial charge in [0.15, 0.2) is 0 Å². The molecule has 0 bridgehead atoms. The zero-order valence-corrected chi connectivity index (χ0v) is 10.3. The van der Waals surface area contributed by atoms with Crippen LogP contribution in [0, 0.1) is 5.82 Å². The second kappa shape index (κ2) is 6.57. The number of carbonyl (C=O) groups is 1. The normalized spacial score (nSPS) is 15.6. The minimum absolute atomic E-state index is 0. The van der Waals surface area contributed by atoms with Crippen LogP contribution in [-0.2, 0) is 11.2 Å². The highest BCUT2D eigenvalue weighted by Crippen LogP contribution is 2.05. The Morgan fingerprint density at radius 2 is 2.00 bits per heavy atom. The summed E-state index contributed by atoms with van der Waals surface area (Å²) in [5.41, 5.74) is 1.06. The van der Waals surface area contributed by atoms with Gasteiger partial charge >= 0.3 is 0 Å². The van der Waals surface area contributed by atoms with Gasteiger partial charge in [0, 0.05) is 19.6 Å². The highest BCUT2D eigenvalue weighted by molar-refractivity contribution is 5.85. The number of piperazine rings is 1. The monoisotopic (exact) mass is 258 g/mol. The van der Waals surface area contributed by atoms with E-state index in [9.17, 15) is 9.18 Å². The van der Waals surface area contributed by atoms with E-state index in [1.54, 1.807) is 12.1 Å². The molecule has 1 aliphatic heterocycles. The van der Waals surface area contributed by atoms with Crippen LogP contribution in [0.4, 0.5) is 4.39 Å². The van der Waals surface area contributed by atoms with Crippen LogP contribution in [0.25, 0.3) is 0 Å². The first-order valence-corrected chi connectivity index (χ1v) is 5.48. The van der Waals surface area contributed by atoms with Crippen LogP contribution in [-0.4, -0.2) is 37.0 Å². The molecule has 17 heavy (non-hydrogen) atoms. The predicted molar refractivity (Wildman–Crippen MR) is 66.8 cm³/mol. The zero-order chi connectivity index (χ0) is 11.4. The minimum Gasteiger partial charge on any atom is -0.340 e. The molecule has 0 atom stereocenters. The van der Waals surface area contributed by atoms with Crippen LogP contribution in [0.5, 0.6) is 0 Å². The Morgan fingerprint density at radius 3 is 2.65 bits per heavy atom. The SMILES string of the molecule is Cl.O=C1CNCCN1CCc1ccc(F)cc1. The summed E-state index contributed by atoms with van der Waals surface area (Å²) >= 11 is 0. The van der Waals surface area contributed by atoms with Gasteiger partial charge in [-0.3, -0.25) is 4.79 Å². The van der Waals surface area contributed by atoms with Crippen molar-refractivity contribution in [1.82, 2.24) is 10.2 Å². The molecule has 1 aromatic carbocycles. The number of hydrogen-bond donors (Lipinski definition) is 1. The van der Waals surface area contributed by atoms with Crippen molar-refractivity contribution < 1.29 is 9.18 Å². The second-order valence-corrected chi connectivity index (χ2v) is 3.93. The Hall–Kier alpha value is -1.13. The Labute approximate surface area is 106 Å². The summed E-state index contributed by atoms with van der Waals surface area (Å²) in [5.74, 6) is -0.0737. The fraction of sp³-hybridized carbons (Fsp3) is 0.417. The lowest BCUT2D eigenvalue weighted by atomic mass is 10.1. The van der Waals surface area contributed by atoms with Crippen LogP contribution < -0.4 is 5.32 Å². The number of nitrogens with one attached hydrogen (secondary N) is 1. The maximum absolute atomic E-state index is 12.7. The van der Waals surface area contributed by atoms with E-state index in [0.717, 1.165) is 25.1 Å². The van der Waals surface area contributed by atoms with E-state index in [1.807, 2.05) is 4.90 Å². The summed E-state index contributed by atoms with van der Waals surface area (Å²) < 4.78 is 12.7. The Balaban J connectivity index is 0.00000144. The Bertz CT molecular complexity index is 369. The molecule has 5 heteroatoms. The number of benzene rings is 1. The number of amides is 1.